The van der Waals surface area contributed by atoms with Crippen LogP contribution in [0.1, 0.15) is 16.0 Å². The van der Waals surface area contributed by atoms with Gasteiger partial charge in [-0.2, -0.15) is 0 Å². The molecule has 0 bridgehead atoms. The van der Waals surface area contributed by atoms with E-state index in [9.17, 15) is 20.0 Å². The lowest BCUT2D eigenvalue weighted by Crippen LogP contribution is -1.96. The van der Waals surface area contributed by atoms with Gasteiger partial charge in [0.2, 0.25) is 5.88 Å². The van der Waals surface area contributed by atoms with Crippen LogP contribution in [0.25, 0.3) is 0 Å². The molecule has 7 nitrogen and oxygen atoms in total. The number of ether oxygens (including phenoxy) is 1. The van der Waals surface area contributed by atoms with Crippen LogP contribution >= 0.6 is 11.3 Å². The van der Waals surface area contributed by atoms with E-state index in [1.54, 1.807) is 24.3 Å². The number of aromatic amines is 1. The number of nitrogens with one attached hydrogen (secondary N) is 1. The number of hydrogen-bond acceptors (Lipinski definition) is 6. The Labute approximate surface area is 146 Å². The Hall–Kier alpha value is -3.13. The molecule has 0 radical (unpaired) electrons. The fourth-order valence-corrected chi connectivity index (χ4v) is 3.00. The van der Waals surface area contributed by atoms with Gasteiger partial charge in [-0.05, 0) is 35.4 Å². The molecule has 0 aliphatic rings. The minimum Gasteiger partial charge on any atom is -0.494 e. The van der Waals surface area contributed by atoms with Crippen molar-refractivity contribution in [3.8, 4) is 11.6 Å². The van der Waals surface area contributed by atoms with Gasteiger partial charge in [0.25, 0.3) is 5.69 Å². The second kappa shape index (κ2) is 7.18. The zero-order chi connectivity index (χ0) is 17.8. The van der Waals surface area contributed by atoms with Crippen molar-refractivity contribution in [1.29, 1.82) is 0 Å². The highest BCUT2D eigenvalue weighted by Gasteiger charge is 2.08. The zero-order valence-corrected chi connectivity index (χ0v) is 13.8. The van der Waals surface area contributed by atoms with Gasteiger partial charge in [-0.25, -0.2) is 0 Å². The van der Waals surface area contributed by atoms with Gasteiger partial charge in [0.15, 0.2) is 0 Å². The monoisotopic (exact) mass is 358 g/mol. The molecule has 0 aliphatic carbocycles. The van der Waals surface area contributed by atoms with E-state index < -0.39 is 4.92 Å². The van der Waals surface area contributed by atoms with E-state index in [4.69, 9.17) is 4.74 Å². The molecular formula is C17H14N2O5S. The van der Waals surface area contributed by atoms with Crippen LogP contribution in [-0.2, 0) is 13.0 Å². The lowest BCUT2D eigenvalue weighted by molar-refractivity contribution is -0.384. The molecular weight excluding hydrogens is 344 g/mol. The summed E-state index contributed by atoms with van der Waals surface area (Å²) in [7, 11) is 0. The van der Waals surface area contributed by atoms with Crippen molar-refractivity contribution in [3.05, 3.63) is 84.3 Å². The molecule has 8 heteroatoms. The fraction of sp³-hybridized carbons (Fsp3) is 0.118. The second-order valence-electron chi connectivity index (χ2n) is 5.32. The van der Waals surface area contributed by atoms with Crippen molar-refractivity contribution >= 4 is 17.0 Å². The largest absolute Gasteiger partial charge is 0.494 e. The minimum atomic E-state index is -0.442. The normalized spacial score (nSPS) is 10.6. The van der Waals surface area contributed by atoms with E-state index in [1.807, 2.05) is 12.1 Å². The first-order valence-electron chi connectivity index (χ1n) is 7.37. The predicted molar refractivity (Wildman–Crippen MR) is 93.3 cm³/mol. The first kappa shape index (κ1) is 16.7. The van der Waals surface area contributed by atoms with Gasteiger partial charge < -0.3 is 9.84 Å². The lowest BCUT2D eigenvalue weighted by atomic mass is 10.1. The zero-order valence-electron chi connectivity index (χ0n) is 13.0. The van der Waals surface area contributed by atoms with Gasteiger partial charge in [0.05, 0.1) is 9.80 Å². The highest BCUT2D eigenvalue weighted by molar-refractivity contribution is 7.09. The molecule has 2 aromatic carbocycles. The molecule has 1 heterocycles. The molecule has 0 saturated carbocycles. The maximum Gasteiger partial charge on any atom is 0.307 e. The van der Waals surface area contributed by atoms with Crippen molar-refractivity contribution in [3.63, 3.8) is 0 Å². The molecule has 3 aromatic rings. The Kier molecular flexibility index (Phi) is 4.80. The molecule has 0 amide bonds. The van der Waals surface area contributed by atoms with Crippen molar-refractivity contribution in [2.24, 2.45) is 0 Å². The number of aromatic hydroxyl groups is 1. The van der Waals surface area contributed by atoms with Gasteiger partial charge in [0.1, 0.15) is 12.4 Å². The van der Waals surface area contributed by atoms with Crippen molar-refractivity contribution in [2.75, 3.05) is 0 Å². The van der Waals surface area contributed by atoms with Crippen molar-refractivity contribution < 1.29 is 14.8 Å². The first-order chi connectivity index (χ1) is 12.0. The third kappa shape index (κ3) is 4.24. The summed E-state index contributed by atoms with van der Waals surface area (Å²) >= 11 is 0.984. The Bertz CT molecular complexity index is 929. The van der Waals surface area contributed by atoms with E-state index in [0.29, 0.717) is 23.7 Å². The summed E-state index contributed by atoms with van der Waals surface area (Å²) in [6, 6.07) is 13.5. The van der Waals surface area contributed by atoms with E-state index in [0.717, 1.165) is 22.5 Å². The van der Waals surface area contributed by atoms with Gasteiger partial charge in [0, 0.05) is 18.6 Å². The van der Waals surface area contributed by atoms with Crippen LogP contribution in [0.4, 0.5) is 5.69 Å². The summed E-state index contributed by atoms with van der Waals surface area (Å²) in [5.74, 6) is 0.571. The molecule has 0 spiro atoms. The van der Waals surface area contributed by atoms with E-state index in [2.05, 4.69) is 4.98 Å². The van der Waals surface area contributed by atoms with Gasteiger partial charge in [-0.1, -0.05) is 23.5 Å². The number of rotatable bonds is 6. The summed E-state index contributed by atoms with van der Waals surface area (Å²) in [6.45, 7) is 0.303. The quantitative estimate of drug-likeness (QED) is 0.520. The summed E-state index contributed by atoms with van der Waals surface area (Å²) in [6.07, 6.45) is 0.456. The summed E-state index contributed by atoms with van der Waals surface area (Å²) in [5, 5.41) is 20.2. The van der Waals surface area contributed by atoms with Gasteiger partial charge in [-0.15, -0.1) is 0 Å². The summed E-state index contributed by atoms with van der Waals surface area (Å²) in [4.78, 5) is 24.0. The van der Waals surface area contributed by atoms with Crippen molar-refractivity contribution in [2.45, 2.75) is 13.0 Å². The Morgan fingerprint density at radius 3 is 2.28 bits per heavy atom. The molecule has 128 valence electrons. The average Bonchev–Trinajstić information content (AvgIpc) is 2.92. The first-order valence-corrected chi connectivity index (χ1v) is 8.19. The van der Waals surface area contributed by atoms with Gasteiger partial charge >= 0.3 is 4.87 Å². The molecule has 0 atom stereocenters. The molecule has 0 unspecified atom stereocenters. The number of H-pyrrole nitrogens is 1. The number of nitro groups is 1. The second-order valence-corrected chi connectivity index (χ2v) is 6.39. The number of non-ortho nitro benzene ring substituents is 1. The van der Waals surface area contributed by atoms with Crippen LogP contribution in [0.2, 0.25) is 0 Å². The fourth-order valence-electron chi connectivity index (χ4n) is 2.24. The van der Waals surface area contributed by atoms with Crippen molar-refractivity contribution in [1.82, 2.24) is 4.98 Å². The highest BCUT2D eigenvalue weighted by atomic mass is 32.1. The van der Waals surface area contributed by atoms with Crippen LogP contribution in [0, 0.1) is 10.1 Å². The smallest absolute Gasteiger partial charge is 0.307 e. The number of thiazole rings is 1. The number of aromatic nitrogens is 1. The highest BCUT2D eigenvalue weighted by Crippen LogP contribution is 2.22. The molecule has 3 rings (SSSR count). The molecule has 0 saturated heterocycles. The topological polar surface area (TPSA) is 105 Å². The Balaban J connectivity index is 1.59. The molecule has 1 aromatic heterocycles. The average molecular weight is 358 g/mol. The van der Waals surface area contributed by atoms with Crippen LogP contribution in [0.3, 0.4) is 0 Å². The summed E-state index contributed by atoms with van der Waals surface area (Å²) in [5.41, 5.74) is 1.81. The minimum absolute atomic E-state index is 0.0448. The number of nitro benzene ring substituents is 1. The number of benzene rings is 2. The van der Waals surface area contributed by atoms with Crippen LogP contribution in [-0.4, -0.2) is 15.0 Å². The van der Waals surface area contributed by atoms with E-state index in [-0.39, 0.29) is 16.4 Å². The van der Waals surface area contributed by atoms with E-state index in [1.165, 1.54) is 12.1 Å². The van der Waals surface area contributed by atoms with E-state index >= 15 is 0 Å². The summed E-state index contributed by atoms with van der Waals surface area (Å²) < 4.78 is 5.65. The molecule has 0 aliphatic heterocycles. The maximum atomic E-state index is 11.2. The SMILES string of the molecule is O=c1[nH]c(O)c(Cc2ccc(OCc3ccc([N+](=O)[O-])cc3)cc2)s1. The Morgan fingerprint density at radius 2 is 1.72 bits per heavy atom. The molecule has 2 N–H and O–H groups in total. The molecule has 25 heavy (non-hydrogen) atoms. The maximum absolute atomic E-state index is 11.2. The molecule has 0 fully saturated rings. The third-order valence-electron chi connectivity index (χ3n) is 3.54. The predicted octanol–water partition coefficient (Wildman–Crippen LogP) is 3.22. The van der Waals surface area contributed by atoms with Crippen LogP contribution in [0.5, 0.6) is 11.6 Å². The number of hydrogen-bond donors (Lipinski definition) is 2. The van der Waals surface area contributed by atoms with Crippen LogP contribution < -0.4 is 9.61 Å². The standard InChI is InChI=1S/C17H14N2O5S/c20-16-15(25-17(21)18-16)9-11-3-7-14(8-4-11)24-10-12-1-5-13(6-2-12)19(22)23/h1-8,20H,9-10H2,(H,18,21). The Morgan fingerprint density at radius 1 is 1.08 bits per heavy atom. The number of nitrogens with zero attached hydrogens (tertiary/aromatic N) is 1. The lowest BCUT2D eigenvalue weighted by Gasteiger charge is -2.07. The van der Waals surface area contributed by atoms with Crippen LogP contribution in [0.15, 0.2) is 53.3 Å². The van der Waals surface area contributed by atoms with Gasteiger partial charge in [-0.3, -0.25) is 19.9 Å². The third-order valence-corrected chi connectivity index (χ3v) is 4.41.